The summed E-state index contributed by atoms with van der Waals surface area (Å²) in [4.78, 5) is 33.7. The number of carbonyl (C=O) groups excluding carboxylic acids is 2. The molecule has 1 saturated carbocycles. The fourth-order valence-electron chi connectivity index (χ4n) is 4.07. The van der Waals surface area contributed by atoms with Gasteiger partial charge in [-0.25, -0.2) is 4.98 Å². The van der Waals surface area contributed by atoms with Gasteiger partial charge < -0.3 is 9.80 Å². The van der Waals surface area contributed by atoms with Gasteiger partial charge in [0.15, 0.2) is 0 Å². The maximum Gasteiger partial charge on any atom is 0.254 e. The molecule has 3 aromatic rings. The van der Waals surface area contributed by atoms with Crippen LogP contribution in [0.4, 0.5) is 0 Å². The van der Waals surface area contributed by atoms with Crippen LogP contribution in [0.15, 0.2) is 54.0 Å². The number of aromatic nitrogens is 1. The van der Waals surface area contributed by atoms with Crippen molar-refractivity contribution in [3.05, 3.63) is 65.2 Å². The van der Waals surface area contributed by atoms with Crippen LogP contribution in [0.1, 0.15) is 28.3 Å². The molecule has 0 N–H and O–H groups in total. The molecule has 2 aliphatic rings. The number of nitrogens with zero attached hydrogens (tertiary/aromatic N) is 3. The molecule has 2 amide bonds. The minimum Gasteiger partial charge on any atom is -0.339 e. The molecule has 2 fully saturated rings. The third-order valence-corrected chi connectivity index (χ3v) is 6.58. The van der Waals surface area contributed by atoms with Gasteiger partial charge >= 0.3 is 0 Å². The first-order chi connectivity index (χ1) is 13.7. The minimum atomic E-state index is 0.0379. The second-order valence-electron chi connectivity index (χ2n) is 7.51. The molecule has 0 radical (unpaired) electrons. The molecular weight excluding hydrogens is 370 g/mol. The van der Waals surface area contributed by atoms with E-state index in [0.29, 0.717) is 37.7 Å². The quantitative estimate of drug-likeness (QED) is 0.688. The SMILES string of the molecule is O=C(c1ccc2ncsc2c1)N1CCN(C(=O)[C@H]2C[C@H]2c2ccccc2)CC1. The first kappa shape index (κ1) is 17.4. The molecule has 0 bridgehead atoms. The van der Waals surface area contributed by atoms with Gasteiger partial charge in [-0.15, -0.1) is 11.3 Å². The second-order valence-corrected chi connectivity index (χ2v) is 8.40. The van der Waals surface area contributed by atoms with E-state index in [1.165, 1.54) is 5.56 Å². The Morgan fingerprint density at radius 3 is 2.50 bits per heavy atom. The maximum absolute atomic E-state index is 12.8. The van der Waals surface area contributed by atoms with Crippen molar-refractivity contribution in [3.63, 3.8) is 0 Å². The molecule has 28 heavy (non-hydrogen) atoms. The first-order valence-corrected chi connectivity index (χ1v) is 10.5. The van der Waals surface area contributed by atoms with Crippen LogP contribution in [-0.2, 0) is 4.79 Å². The van der Waals surface area contributed by atoms with Crippen molar-refractivity contribution < 1.29 is 9.59 Å². The maximum atomic E-state index is 12.8. The van der Waals surface area contributed by atoms with E-state index in [0.717, 1.165) is 16.6 Å². The highest BCUT2D eigenvalue weighted by atomic mass is 32.1. The van der Waals surface area contributed by atoms with Gasteiger partial charge in [-0.1, -0.05) is 30.3 Å². The van der Waals surface area contributed by atoms with E-state index < -0.39 is 0 Å². The van der Waals surface area contributed by atoms with Crippen LogP contribution in [0.5, 0.6) is 0 Å². The Balaban J connectivity index is 1.19. The second kappa shape index (κ2) is 7.02. The normalized spacial score (nSPS) is 21.7. The molecular formula is C22H21N3O2S. The molecule has 2 heterocycles. The first-order valence-electron chi connectivity index (χ1n) is 9.67. The molecule has 0 spiro atoms. The number of rotatable bonds is 3. The fourth-order valence-corrected chi connectivity index (χ4v) is 4.79. The van der Waals surface area contributed by atoms with Crippen molar-refractivity contribution in [1.82, 2.24) is 14.8 Å². The summed E-state index contributed by atoms with van der Waals surface area (Å²) in [5, 5.41) is 0. The number of thiazole rings is 1. The van der Waals surface area contributed by atoms with Crippen molar-refractivity contribution in [1.29, 1.82) is 0 Å². The lowest BCUT2D eigenvalue weighted by molar-refractivity contribution is -0.134. The van der Waals surface area contributed by atoms with E-state index >= 15 is 0 Å². The summed E-state index contributed by atoms with van der Waals surface area (Å²) in [6.07, 6.45) is 0.941. The predicted octanol–water partition coefficient (Wildman–Crippen LogP) is 3.38. The van der Waals surface area contributed by atoms with E-state index in [1.54, 1.807) is 16.8 Å². The minimum absolute atomic E-state index is 0.0379. The van der Waals surface area contributed by atoms with Gasteiger partial charge in [0.2, 0.25) is 5.91 Å². The molecule has 142 valence electrons. The van der Waals surface area contributed by atoms with Gasteiger partial charge in [0.1, 0.15) is 0 Å². The van der Waals surface area contributed by atoms with Crippen LogP contribution in [0.2, 0.25) is 0 Å². The largest absolute Gasteiger partial charge is 0.339 e. The van der Waals surface area contributed by atoms with Gasteiger partial charge in [0.05, 0.1) is 15.7 Å². The van der Waals surface area contributed by atoms with Crippen molar-refractivity contribution in [2.75, 3.05) is 26.2 Å². The standard InChI is InChI=1S/C22H21N3O2S/c26-21(16-6-7-19-20(12-16)28-14-23-19)24-8-10-25(11-9-24)22(27)18-13-17(18)15-4-2-1-3-5-15/h1-7,12,14,17-18H,8-11,13H2/t17-,18-/m0/s1. The molecule has 1 aliphatic carbocycles. The highest BCUT2D eigenvalue weighted by Gasteiger charge is 2.46. The van der Waals surface area contributed by atoms with Crippen LogP contribution >= 0.6 is 11.3 Å². The number of fused-ring (bicyclic) bond motifs is 1. The molecule has 5 rings (SSSR count). The van der Waals surface area contributed by atoms with Crippen LogP contribution in [0.25, 0.3) is 10.2 Å². The number of piperazine rings is 1. The Hall–Kier alpha value is -2.73. The van der Waals surface area contributed by atoms with Gasteiger partial charge in [-0.2, -0.15) is 0 Å². The van der Waals surface area contributed by atoms with E-state index in [-0.39, 0.29) is 17.7 Å². The third-order valence-electron chi connectivity index (χ3n) is 5.79. The molecule has 1 aliphatic heterocycles. The average molecular weight is 391 g/mol. The number of hydrogen-bond donors (Lipinski definition) is 0. The lowest BCUT2D eigenvalue weighted by atomic mass is 10.1. The molecule has 1 saturated heterocycles. The lowest BCUT2D eigenvalue weighted by Gasteiger charge is -2.35. The molecule has 0 unspecified atom stereocenters. The van der Waals surface area contributed by atoms with Gasteiger partial charge in [-0.05, 0) is 36.1 Å². The number of amides is 2. The monoisotopic (exact) mass is 391 g/mol. The van der Waals surface area contributed by atoms with E-state index in [4.69, 9.17) is 0 Å². The average Bonchev–Trinajstić information content (AvgIpc) is 3.42. The van der Waals surface area contributed by atoms with E-state index in [2.05, 4.69) is 17.1 Å². The summed E-state index contributed by atoms with van der Waals surface area (Å²) >= 11 is 1.54. The smallest absolute Gasteiger partial charge is 0.254 e. The summed E-state index contributed by atoms with van der Waals surface area (Å²) in [7, 11) is 0. The van der Waals surface area contributed by atoms with E-state index in [1.807, 2.05) is 46.2 Å². The van der Waals surface area contributed by atoms with Crippen molar-refractivity contribution in [3.8, 4) is 0 Å². The van der Waals surface area contributed by atoms with Gasteiger partial charge in [-0.3, -0.25) is 9.59 Å². The molecule has 6 heteroatoms. The van der Waals surface area contributed by atoms with Crippen LogP contribution < -0.4 is 0 Å². The van der Waals surface area contributed by atoms with Gasteiger partial charge in [0.25, 0.3) is 5.91 Å². The Labute approximate surface area is 167 Å². The topological polar surface area (TPSA) is 53.5 Å². The summed E-state index contributed by atoms with van der Waals surface area (Å²) in [6, 6.07) is 15.9. The van der Waals surface area contributed by atoms with Crippen molar-refractivity contribution >= 4 is 33.4 Å². The number of carbonyl (C=O) groups is 2. The number of benzene rings is 2. The number of hydrogen-bond acceptors (Lipinski definition) is 4. The molecule has 5 nitrogen and oxygen atoms in total. The highest BCUT2D eigenvalue weighted by molar-refractivity contribution is 7.16. The predicted molar refractivity (Wildman–Crippen MR) is 109 cm³/mol. The zero-order valence-corrected chi connectivity index (χ0v) is 16.3. The summed E-state index contributed by atoms with van der Waals surface area (Å²) in [5.74, 6) is 0.751. The molecule has 1 aromatic heterocycles. The Morgan fingerprint density at radius 2 is 1.71 bits per heavy atom. The summed E-state index contributed by atoms with van der Waals surface area (Å²) in [6.45, 7) is 2.42. The zero-order valence-electron chi connectivity index (χ0n) is 15.5. The Kier molecular flexibility index (Phi) is 4.36. The molecule has 2 aromatic carbocycles. The van der Waals surface area contributed by atoms with Crippen molar-refractivity contribution in [2.24, 2.45) is 5.92 Å². The van der Waals surface area contributed by atoms with E-state index in [9.17, 15) is 9.59 Å². The summed E-state index contributed by atoms with van der Waals surface area (Å²) < 4.78 is 1.03. The third kappa shape index (κ3) is 3.18. The van der Waals surface area contributed by atoms with Crippen LogP contribution in [-0.4, -0.2) is 52.8 Å². The van der Waals surface area contributed by atoms with Crippen LogP contribution in [0, 0.1) is 5.92 Å². The summed E-state index contributed by atoms with van der Waals surface area (Å²) in [5.41, 5.74) is 4.68. The zero-order chi connectivity index (χ0) is 19.1. The Morgan fingerprint density at radius 1 is 0.964 bits per heavy atom. The molecule has 2 atom stereocenters. The lowest BCUT2D eigenvalue weighted by Crippen LogP contribution is -2.51. The highest BCUT2D eigenvalue weighted by Crippen LogP contribution is 2.48. The fraction of sp³-hybridized carbons (Fsp3) is 0.318. The van der Waals surface area contributed by atoms with Crippen molar-refractivity contribution in [2.45, 2.75) is 12.3 Å². The van der Waals surface area contributed by atoms with Gasteiger partial charge in [0, 0.05) is 37.7 Å². The Bertz CT molecular complexity index is 1020. The van der Waals surface area contributed by atoms with Crippen LogP contribution in [0.3, 0.4) is 0 Å².